The molecule has 0 spiro atoms. The highest BCUT2D eigenvalue weighted by Gasteiger charge is 2.46. The quantitative estimate of drug-likeness (QED) is 0.183. The van der Waals surface area contributed by atoms with Gasteiger partial charge >= 0.3 is 6.03 Å². The summed E-state index contributed by atoms with van der Waals surface area (Å²) in [6, 6.07) is 22.6. The third kappa shape index (κ3) is 8.59. The number of benzene rings is 4. The SMILES string of the molecule is C[C@H](c1cccc2ccccc12)N1CCC(C(=O)NCc2cc(F)cc(NC(=O)N3CCN(CCOc4cccc5c4C(=O)N(C4CCC(=O)NC4=O)C5=O)CC3)c2)CC1. The lowest BCUT2D eigenvalue weighted by atomic mass is 9.92. The number of urea groups is 1. The van der Waals surface area contributed by atoms with E-state index in [0.29, 0.717) is 44.0 Å². The zero-order chi connectivity index (χ0) is 41.9. The van der Waals surface area contributed by atoms with E-state index in [1.165, 1.54) is 34.5 Å². The molecule has 4 aromatic carbocycles. The van der Waals surface area contributed by atoms with Crippen LogP contribution in [0.3, 0.4) is 0 Å². The number of carbonyl (C=O) groups is 6. The Hall–Kier alpha value is -6.19. The number of ether oxygens (including phenoxy) is 1. The van der Waals surface area contributed by atoms with Crippen LogP contribution in [0.1, 0.15) is 70.5 Å². The lowest BCUT2D eigenvalue weighted by Gasteiger charge is -2.36. The number of hydrogen-bond donors (Lipinski definition) is 3. The van der Waals surface area contributed by atoms with Gasteiger partial charge in [-0.25, -0.2) is 9.18 Å². The second kappa shape index (κ2) is 17.6. The maximum Gasteiger partial charge on any atom is 0.321 e. The molecule has 3 saturated heterocycles. The van der Waals surface area contributed by atoms with Gasteiger partial charge in [-0.15, -0.1) is 0 Å². The molecule has 15 heteroatoms. The topological polar surface area (TPSA) is 161 Å². The van der Waals surface area contributed by atoms with Crippen LogP contribution in [0.4, 0.5) is 14.9 Å². The molecule has 0 bridgehead atoms. The van der Waals surface area contributed by atoms with Crippen molar-refractivity contribution in [1.82, 2.24) is 30.2 Å². The highest BCUT2D eigenvalue weighted by molar-refractivity contribution is 6.24. The van der Waals surface area contributed by atoms with Gasteiger partial charge < -0.3 is 20.3 Å². The second-order valence-electron chi connectivity index (χ2n) is 15.9. The summed E-state index contributed by atoms with van der Waals surface area (Å²) in [4.78, 5) is 84.1. The Morgan fingerprint density at radius 2 is 1.62 bits per heavy atom. The van der Waals surface area contributed by atoms with E-state index < -0.39 is 35.5 Å². The average molecular weight is 818 g/mol. The highest BCUT2D eigenvalue weighted by atomic mass is 19.1. The number of piperazine rings is 1. The van der Waals surface area contributed by atoms with Crippen LogP contribution in [0.15, 0.2) is 78.9 Å². The fourth-order valence-electron chi connectivity index (χ4n) is 8.78. The molecule has 312 valence electrons. The van der Waals surface area contributed by atoms with Gasteiger partial charge in [0.2, 0.25) is 17.7 Å². The molecule has 0 aliphatic carbocycles. The van der Waals surface area contributed by atoms with Crippen molar-refractivity contribution in [1.29, 1.82) is 0 Å². The Balaban J connectivity index is 0.771. The predicted octanol–water partition coefficient (Wildman–Crippen LogP) is 4.70. The van der Waals surface area contributed by atoms with E-state index >= 15 is 0 Å². The number of hydrogen-bond acceptors (Lipinski definition) is 9. The minimum absolute atomic E-state index is 0.0312. The van der Waals surface area contributed by atoms with Crippen molar-refractivity contribution in [2.45, 2.75) is 51.2 Å². The summed E-state index contributed by atoms with van der Waals surface area (Å²) < 4.78 is 20.7. The Labute approximate surface area is 347 Å². The number of halogens is 1. The molecule has 4 aliphatic heterocycles. The van der Waals surface area contributed by atoms with Gasteiger partial charge in [0, 0.05) is 63.3 Å². The number of carbonyl (C=O) groups excluding carboxylic acids is 6. The molecule has 4 heterocycles. The molecular formula is C45H48FN7O7. The van der Waals surface area contributed by atoms with E-state index in [-0.39, 0.29) is 66.8 Å². The molecule has 0 aromatic heterocycles. The van der Waals surface area contributed by atoms with Gasteiger partial charge in [-0.05, 0) is 91.5 Å². The zero-order valence-corrected chi connectivity index (χ0v) is 33.5. The third-order valence-electron chi connectivity index (χ3n) is 12.2. The minimum Gasteiger partial charge on any atom is -0.491 e. The van der Waals surface area contributed by atoms with Crippen molar-refractivity contribution in [3.05, 3.63) is 107 Å². The second-order valence-corrected chi connectivity index (χ2v) is 15.9. The van der Waals surface area contributed by atoms with Crippen molar-refractivity contribution in [3.8, 4) is 5.75 Å². The summed E-state index contributed by atoms with van der Waals surface area (Å²) in [5.74, 6) is -2.83. The van der Waals surface area contributed by atoms with Crippen LogP contribution in [0.2, 0.25) is 0 Å². The molecular weight excluding hydrogens is 770 g/mol. The van der Waals surface area contributed by atoms with E-state index in [2.05, 4.69) is 69.1 Å². The van der Waals surface area contributed by atoms with E-state index in [4.69, 9.17) is 4.74 Å². The van der Waals surface area contributed by atoms with Gasteiger partial charge in [0.25, 0.3) is 11.8 Å². The number of fused-ring (bicyclic) bond motifs is 2. The first-order valence-corrected chi connectivity index (χ1v) is 20.6. The first-order valence-electron chi connectivity index (χ1n) is 20.6. The van der Waals surface area contributed by atoms with Crippen molar-refractivity contribution >= 4 is 52.0 Å². The number of likely N-dealkylation sites (tertiary alicyclic amines) is 1. The number of imide groups is 2. The summed E-state index contributed by atoms with van der Waals surface area (Å²) in [6.07, 6.45) is 1.56. The average Bonchev–Trinajstić information content (AvgIpc) is 3.51. The summed E-state index contributed by atoms with van der Waals surface area (Å²) in [5.41, 5.74) is 2.37. The lowest BCUT2D eigenvalue weighted by molar-refractivity contribution is -0.136. The summed E-state index contributed by atoms with van der Waals surface area (Å²) in [7, 11) is 0. The van der Waals surface area contributed by atoms with Crippen LogP contribution in [0.25, 0.3) is 10.8 Å². The molecule has 14 nitrogen and oxygen atoms in total. The van der Waals surface area contributed by atoms with Crippen molar-refractivity contribution in [2.24, 2.45) is 5.92 Å². The molecule has 7 amide bonds. The normalized spacial score (nSPS) is 19.6. The van der Waals surface area contributed by atoms with Gasteiger partial charge in [0.1, 0.15) is 24.2 Å². The van der Waals surface area contributed by atoms with Crippen LogP contribution >= 0.6 is 0 Å². The van der Waals surface area contributed by atoms with Crippen LogP contribution in [-0.2, 0) is 20.9 Å². The van der Waals surface area contributed by atoms with E-state index in [1.54, 1.807) is 23.1 Å². The molecule has 2 atom stereocenters. The molecule has 3 N–H and O–H groups in total. The monoisotopic (exact) mass is 817 g/mol. The van der Waals surface area contributed by atoms with Crippen molar-refractivity contribution < 1.29 is 37.9 Å². The predicted molar refractivity (Wildman–Crippen MR) is 221 cm³/mol. The fourth-order valence-corrected chi connectivity index (χ4v) is 8.78. The number of nitrogens with zero attached hydrogens (tertiary/aromatic N) is 4. The van der Waals surface area contributed by atoms with E-state index in [1.807, 2.05) is 6.07 Å². The molecule has 60 heavy (non-hydrogen) atoms. The van der Waals surface area contributed by atoms with E-state index in [9.17, 15) is 33.2 Å². The van der Waals surface area contributed by atoms with Crippen LogP contribution < -0.4 is 20.7 Å². The number of anilines is 1. The number of amides is 7. The third-order valence-corrected chi connectivity index (χ3v) is 12.2. The Morgan fingerprint density at radius 3 is 2.40 bits per heavy atom. The highest BCUT2D eigenvalue weighted by Crippen LogP contribution is 2.34. The molecule has 1 unspecified atom stereocenters. The zero-order valence-electron chi connectivity index (χ0n) is 33.5. The Bertz CT molecular complexity index is 2330. The summed E-state index contributed by atoms with van der Waals surface area (Å²) in [5, 5.41) is 10.5. The molecule has 4 aromatic rings. The maximum atomic E-state index is 14.7. The first-order chi connectivity index (χ1) is 29.0. The molecule has 8 rings (SSSR count). The summed E-state index contributed by atoms with van der Waals surface area (Å²) >= 11 is 0. The van der Waals surface area contributed by atoms with Gasteiger partial charge in [-0.3, -0.25) is 44.0 Å². The number of nitrogens with one attached hydrogen (secondary N) is 3. The molecule has 3 fully saturated rings. The lowest BCUT2D eigenvalue weighted by Crippen LogP contribution is -2.54. The molecule has 0 saturated carbocycles. The van der Waals surface area contributed by atoms with Crippen molar-refractivity contribution in [3.63, 3.8) is 0 Å². The number of rotatable bonds is 11. The first kappa shape index (κ1) is 40.6. The van der Waals surface area contributed by atoms with Crippen LogP contribution in [-0.4, -0.2) is 114 Å². The number of piperidine rings is 2. The smallest absolute Gasteiger partial charge is 0.321 e. The van der Waals surface area contributed by atoms with Gasteiger partial charge in [-0.1, -0.05) is 48.5 Å². The minimum atomic E-state index is -1.07. The largest absolute Gasteiger partial charge is 0.491 e. The van der Waals surface area contributed by atoms with Gasteiger partial charge in [0.05, 0.1) is 11.1 Å². The Kier molecular flexibility index (Phi) is 11.9. The summed E-state index contributed by atoms with van der Waals surface area (Å²) in [6.45, 7) is 6.58. The Morgan fingerprint density at radius 1 is 0.867 bits per heavy atom. The van der Waals surface area contributed by atoms with Crippen LogP contribution in [0, 0.1) is 11.7 Å². The van der Waals surface area contributed by atoms with Gasteiger partial charge in [0.15, 0.2) is 0 Å². The standard InChI is InChI=1S/C45H48FN7O7/c1-28(34-9-4-7-30-6-2-3-8-35(30)34)51-16-14-31(15-17-51)41(55)47-27-29-24-32(46)26-33(25-29)48-45(59)52-20-18-50(19-21-52)22-23-60-38-11-5-10-36-40(38)44(58)53(43(36)57)37-12-13-39(54)49-42(37)56/h2-11,24-26,28,31,37H,12-23,27H2,1H3,(H,47,55)(H,48,59)(H,49,54,56)/t28-,37?/m1/s1. The maximum absolute atomic E-state index is 14.7. The fraction of sp³-hybridized carbons (Fsp3) is 0.378. The molecule has 4 aliphatic rings. The van der Waals surface area contributed by atoms with E-state index in [0.717, 1.165) is 30.8 Å². The van der Waals surface area contributed by atoms with Crippen LogP contribution in [0.5, 0.6) is 5.75 Å². The van der Waals surface area contributed by atoms with Crippen molar-refractivity contribution in [2.75, 3.05) is 57.7 Å². The van der Waals surface area contributed by atoms with Gasteiger partial charge in [-0.2, -0.15) is 0 Å². The molecule has 0 radical (unpaired) electrons.